The van der Waals surface area contributed by atoms with Gasteiger partial charge < -0.3 is 19.9 Å². The predicted molar refractivity (Wildman–Crippen MR) is 119 cm³/mol. The average Bonchev–Trinajstić information content (AvgIpc) is 2.75. The Kier molecular flexibility index (Phi) is 7.22. The molecule has 1 atom stereocenters. The maximum absolute atomic E-state index is 14.9. The van der Waals surface area contributed by atoms with E-state index in [-0.39, 0.29) is 24.4 Å². The van der Waals surface area contributed by atoms with Gasteiger partial charge in [0.25, 0.3) is 5.91 Å². The van der Waals surface area contributed by atoms with Crippen molar-refractivity contribution < 1.29 is 33.0 Å². The first-order chi connectivity index (χ1) is 15.6. The summed E-state index contributed by atoms with van der Waals surface area (Å²) in [6, 6.07) is 5.92. The molecule has 2 N–H and O–H groups in total. The van der Waals surface area contributed by atoms with Crippen molar-refractivity contribution in [3.63, 3.8) is 0 Å². The van der Waals surface area contributed by atoms with Crippen LogP contribution in [0.5, 0.6) is 5.75 Å². The molecule has 0 saturated heterocycles. The first-order valence-electron chi connectivity index (χ1n) is 10.6. The molecule has 0 fully saturated rings. The topological polar surface area (TPSA) is 88.1 Å². The van der Waals surface area contributed by atoms with Crippen LogP contribution in [0, 0.1) is 11.6 Å². The fourth-order valence-electron chi connectivity index (χ4n) is 4.15. The van der Waals surface area contributed by atoms with E-state index in [4.69, 9.17) is 9.47 Å². The summed E-state index contributed by atoms with van der Waals surface area (Å²) in [5, 5.41) is 12.1. The number of benzene rings is 2. The number of hydrogen-bond donors (Lipinski definition) is 2. The maximum Gasteiger partial charge on any atom is 0.408 e. The summed E-state index contributed by atoms with van der Waals surface area (Å²) in [5.41, 5.74) is 0.108. The summed E-state index contributed by atoms with van der Waals surface area (Å²) < 4.78 is 40.3. The van der Waals surface area contributed by atoms with Crippen LogP contribution in [0.15, 0.2) is 30.3 Å². The number of hydrogen-bond acceptors (Lipinski definition) is 4. The molecular weight excluding hydrogens is 434 g/mol. The number of ether oxygens (including phenoxy) is 2. The van der Waals surface area contributed by atoms with Gasteiger partial charge in [0.1, 0.15) is 23.4 Å². The molecular formula is C24H28F2N2O5. The number of amides is 2. The molecule has 0 bridgehead atoms. The summed E-state index contributed by atoms with van der Waals surface area (Å²) in [4.78, 5) is 25.9. The predicted octanol–water partition coefficient (Wildman–Crippen LogP) is 4.50. The Labute approximate surface area is 191 Å². The molecule has 1 aliphatic rings. The summed E-state index contributed by atoms with van der Waals surface area (Å²) >= 11 is 0. The maximum atomic E-state index is 14.9. The van der Waals surface area contributed by atoms with Crippen LogP contribution in [0.2, 0.25) is 0 Å². The molecule has 0 spiro atoms. The lowest BCUT2D eigenvalue weighted by Crippen LogP contribution is -2.44. The summed E-state index contributed by atoms with van der Waals surface area (Å²) in [7, 11) is 1.51. The van der Waals surface area contributed by atoms with E-state index in [0.29, 0.717) is 24.3 Å². The van der Waals surface area contributed by atoms with Crippen molar-refractivity contribution in [1.29, 1.82) is 0 Å². The lowest BCUT2D eigenvalue weighted by Gasteiger charge is -2.34. The molecule has 0 saturated carbocycles. The average molecular weight is 462 g/mol. The third-order valence-electron chi connectivity index (χ3n) is 5.73. The van der Waals surface area contributed by atoms with Crippen molar-refractivity contribution in [3.8, 4) is 5.75 Å². The zero-order valence-corrected chi connectivity index (χ0v) is 19.1. The lowest BCUT2D eigenvalue weighted by molar-refractivity contribution is -0.121. The number of anilines is 1. The third kappa shape index (κ3) is 5.08. The molecule has 2 amide bonds. The largest absolute Gasteiger partial charge is 0.497 e. The molecule has 9 heteroatoms. The number of rotatable bonds is 7. The van der Waals surface area contributed by atoms with Gasteiger partial charge in [0.05, 0.1) is 13.7 Å². The summed E-state index contributed by atoms with van der Waals surface area (Å²) in [5.74, 6) is -1.76. The Morgan fingerprint density at radius 1 is 1.21 bits per heavy atom. The molecule has 178 valence electrons. The van der Waals surface area contributed by atoms with Crippen molar-refractivity contribution in [2.75, 3.05) is 32.2 Å². The molecule has 3 rings (SSSR count). The zero-order valence-electron chi connectivity index (χ0n) is 19.1. The highest BCUT2D eigenvalue weighted by atomic mass is 19.1. The molecule has 7 nitrogen and oxygen atoms in total. The number of nitrogens with one attached hydrogen (secondary N) is 1. The Hall–Kier alpha value is -3.20. The van der Waals surface area contributed by atoms with Gasteiger partial charge in [-0.3, -0.25) is 9.69 Å². The van der Waals surface area contributed by atoms with Crippen LogP contribution in [0.3, 0.4) is 0 Å². The van der Waals surface area contributed by atoms with E-state index in [2.05, 4.69) is 5.32 Å². The van der Waals surface area contributed by atoms with E-state index in [1.807, 2.05) is 0 Å². The number of methoxy groups -OCH3 is 1. The minimum absolute atomic E-state index is 0.0981. The molecule has 0 aromatic heterocycles. The fourth-order valence-corrected chi connectivity index (χ4v) is 4.15. The van der Waals surface area contributed by atoms with Crippen LogP contribution in [0.4, 0.5) is 19.3 Å². The van der Waals surface area contributed by atoms with Crippen molar-refractivity contribution in [2.45, 2.75) is 38.6 Å². The minimum atomic E-state index is -1.26. The Bertz CT molecular complexity index is 1030. The molecule has 33 heavy (non-hydrogen) atoms. The van der Waals surface area contributed by atoms with Crippen molar-refractivity contribution in [3.05, 3.63) is 58.7 Å². The number of carboxylic acid groups (broad SMARTS) is 1. The van der Waals surface area contributed by atoms with E-state index in [1.54, 1.807) is 39.0 Å². The second-order valence-corrected chi connectivity index (χ2v) is 8.52. The highest BCUT2D eigenvalue weighted by Crippen LogP contribution is 2.35. The van der Waals surface area contributed by atoms with Crippen molar-refractivity contribution >= 4 is 17.7 Å². The fraction of sp³-hybridized carbons (Fsp3) is 0.417. The van der Waals surface area contributed by atoms with Crippen molar-refractivity contribution in [2.24, 2.45) is 0 Å². The molecule has 0 unspecified atom stereocenters. The van der Waals surface area contributed by atoms with Gasteiger partial charge in [-0.1, -0.05) is 19.9 Å². The van der Waals surface area contributed by atoms with Gasteiger partial charge in [0.15, 0.2) is 0 Å². The summed E-state index contributed by atoms with van der Waals surface area (Å²) in [6.07, 6.45) is -0.850. The van der Waals surface area contributed by atoms with Crippen LogP contribution in [-0.2, 0) is 21.4 Å². The van der Waals surface area contributed by atoms with Crippen LogP contribution in [0.25, 0.3) is 0 Å². The first kappa shape index (κ1) is 24.4. The second-order valence-electron chi connectivity index (χ2n) is 8.52. The van der Waals surface area contributed by atoms with Crippen LogP contribution in [-0.4, -0.2) is 48.9 Å². The van der Waals surface area contributed by atoms with Crippen molar-refractivity contribution in [1.82, 2.24) is 4.90 Å². The Morgan fingerprint density at radius 3 is 2.45 bits per heavy atom. The number of fused-ring (bicyclic) bond motifs is 1. The van der Waals surface area contributed by atoms with Gasteiger partial charge in [-0.25, -0.2) is 13.6 Å². The Morgan fingerprint density at radius 2 is 1.88 bits per heavy atom. The minimum Gasteiger partial charge on any atom is -0.497 e. The van der Waals surface area contributed by atoms with Gasteiger partial charge in [-0.15, -0.1) is 0 Å². The number of carbonyl (C=O) groups excluding carboxylic acids is 1. The van der Waals surface area contributed by atoms with E-state index in [1.165, 1.54) is 7.11 Å². The summed E-state index contributed by atoms with van der Waals surface area (Å²) in [6.45, 7) is 5.76. The number of halogens is 2. The van der Waals surface area contributed by atoms with E-state index < -0.39 is 35.1 Å². The molecule has 2 aromatic carbocycles. The van der Waals surface area contributed by atoms with Gasteiger partial charge in [-0.05, 0) is 48.7 Å². The van der Waals surface area contributed by atoms with Crippen LogP contribution < -0.4 is 10.1 Å². The van der Waals surface area contributed by atoms with Gasteiger partial charge in [0.2, 0.25) is 0 Å². The smallest absolute Gasteiger partial charge is 0.408 e. The highest BCUT2D eigenvalue weighted by Gasteiger charge is 2.37. The number of nitrogens with zero attached hydrogens (tertiary/aromatic N) is 1. The third-order valence-corrected chi connectivity index (χ3v) is 5.73. The molecule has 1 heterocycles. The van der Waals surface area contributed by atoms with E-state index >= 15 is 0 Å². The molecule has 1 aliphatic heterocycles. The first-order valence-corrected chi connectivity index (χ1v) is 10.6. The van der Waals surface area contributed by atoms with E-state index in [9.17, 15) is 23.5 Å². The normalized spacial score (nSPS) is 15.7. The van der Waals surface area contributed by atoms with Crippen LogP contribution >= 0.6 is 0 Å². The molecule has 2 aromatic rings. The zero-order chi connectivity index (χ0) is 24.3. The van der Waals surface area contributed by atoms with Gasteiger partial charge in [0, 0.05) is 29.8 Å². The monoisotopic (exact) mass is 462 g/mol. The Balaban J connectivity index is 1.92. The number of carbonyl (C=O) groups is 2. The van der Waals surface area contributed by atoms with E-state index in [0.717, 1.165) is 22.6 Å². The quantitative estimate of drug-likeness (QED) is 0.633. The molecule has 0 radical (unpaired) electrons. The second kappa shape index (κ2) is 9.74. The lowest BCUT2D eigenvalue weighted by atomic mass is 9.84. The van der Waals surface area contributed by atoms with Gasteiger partial charge in [-0.2, -0.15) is 0 Å². The standard InChI is InChI=1S/C24H28F2N2O5/c1-5-33-13-24(2,3)20-18(25)11-15(12-19(20)26)27-22(29)21-17-7-6-16(32-4)10-14(17)8-9-28(21)23(30)31/h6-7,10-12,21H,5,8-9,13H2,1-4H3,(H,27,29)(H,30,31)/t21-/m0/s1. The molecule has 0 aliphatic carbocycles. The SMILES string of the molecule is CCOCC(C)(C)c1c(F)cc(NC(=O)[C@@H]2c3ccc(OC)cc3CCN2C(=O)O)cc1F. The van der Waals surface area contributed by atoms with Crippen LogP contribution in [0.1, 0.15) is 43.5 Å². The highest BCUT2D eigenvalue weighted by molar-refractivity contribution is 5.97. The van der Waals surface area contributed by atoms with Gasteiger partial charge >= 0.3 is 6.09 Å².